The molecule has 3 heteroatoms. The lowest BCUT2D eigenvalue weighted by Crippen LogP contribution is -2.33. The number of anilines is 1. The molecule has 0 aromatic heterocycles. The molecule has 2 N–H and O–H groups in total. The Balaban J connectivity index is 2.15. The van der Waals surface area contributed by atoms with Crippen LogP contribution < -0.4 is 10.2 Å². The fourth-order valence-corrected chi connectivity index (χ4v) is 3.01. The molecular weight excluding hydrogens is 188 g/mol. The second-order valence-corrected chi connectivity index (χ2v) is 4.76. The Morgan fingerprint density at radius 3 is 3.07 bits per heavy atom. The van der Waals surface area contributed by atoms with Crippen molar-refractivity contribution in [1.29, 1.82) is 0 Å². The first-order valence-corrected chi connectivity index (χ1v) is 5.47. The number of hydrogen-bond donors (Lipinski definition) is 2. The molecule has 1 aromatic carbocycles. The van der Waals surface area contributed by atoms with Gasteiger partial charge in [-0.1, -0.05) is 0 Å². The highest BCUT2D eigenvalue weighted by atomic mass is 16.3. The SMILES string of the molecule is CN1CC2(CCNC2)c2cc(O)ccc21. The minimum absolute atomic E-state index is 0.239. The van der Waals surface area contributed by atoms with Gasteiger partial charge in [0, 0.05) is 31.2 Å². The number of nitrogens with zero attached hydrogens (tertiary/aromatic N) is 1. The van der Waals surface area contributed by atoms with Gasteiger partial charge in [0.1, 0.15) is 5.75 Å². The number of fused-ring (bicyclic) bond motifs is 2. The molecule has 3 rings (SSSR count). The van der Waals surface area contributed by atoms with Crippen molar-refractivity contribution in [2.45, 2.75) is 11.8 Å². The molecule has 1 fully saturated rings. The molecular formula is C12H16N2O. The average molecular weight is 204 g/mol. The highest BCUT2D eigenvalue weighted by Gasteiger charge is 2.43. The largest absolute Gasteiger partial charge is 0.508 e. The lowest BCUT2D eigenvalue weighted by molar-refractivity contribution is 0.467. The zero-order chi connectivity index (χ0) is 10.5. The van der Waals surface area contributed by atoms with Crippen molar-refractivity contribution < 1.29 is 5.11 Å². The molecule has 2 heterocycles. The molecule has 1 saturated heterocycles. The Morgan fingerprint density at radius 1 is 1.47 bits per heavy atom. The van der Waals surface area contributed by atoms with Crippen LogP contribution in [0.2, 0.25) is 0 Å². The van der Waals surface area contributed by atoms with Gasteiger partial charge in [-0.15, -0.1) is 0 Å². The normalized spacial score (nSPS) is 28.7. The summed E-state index contributed by atoms with van der Waals surface area (Å²) in [7, 11) is 2.13. The zero-order valence-corrected chi connectivity index (χ0v) is 8.95. The first-order chi connectivity index (χ1) is 7.21. The van der Waals surface area contributed by atoms with Gasteiger partial charge in [0.2, 0.25) is 0 Å². The van der Waals surface area contributed by atoms with E-state index in [4.69, 9.17) is 0 Å². The molecule has 2 aliphatic heterocycles. The highest BCUT2D eigenvalue weighted by molar-refractivity contribution is 5.64. The van der Waals surface area contributed by atoms with Crippen LogP contribution in [0.4, 0.5) is 5.69 Å². The lowest BCUT2D eigenvalue weighted by Gasteiger charge is -2.22. The first kappa shape index (κ1) is 9.04. The average Bonchev–Trinajstić information content (AvgIpc) is 2.76. The van der Waals surface area contributed by atoms with Gasteiger partial charge in [-0.3, -0.25) is 0 Å². The molecule has 1 spiro atoms. The zero-order valence-electron chi connectivity index (χ0n) is 8.95. The fraction of sp³-hybridized carbons (Fsp3) is 0.500. The van der Waals surface area contributed by atoms with Gasteiger partial charge in [0.25, 0.3) is 0 Å². The van der Waals surface area contributed by atoms with Crippen LogP contribution in [0.5, 0.6) is 5.75 Å². The third-order valence-electron chi connectivity index (χ3n) is 3.75. The molecule has 0 amide bonds. The molecule has 1 unspecified atom stereocenters. The molecule has 0 aliphatic carbocycles. The van der Waals surface area contributed by atoms with Crippen LogP contribution in [0, 0.1) is 0 Å². The number of nitrogens with one attached hydrogen (secondary N) is 1. The van der Waals surface area contributed by atoms with Crippen molar-refractivity contribution in [1.82, 2.24) is 5.32 Å². The van der Waals surface area contributed by atoms with Gasteiger partial charge in [-0.25, -0.2) is 0 Å². The smallest absolute Gasteiger partial charge is 0.116 e. The summed E-state index contributed by atoms with van der Waals surface area (Å²) in [6.07, 6.45) is 1.17. The summed E-state index contributed by atoms with van der Waals surface area (Å²) in [5, 5.41) is 13.0. The Hall–Kier alpha value is -1.22. The molecule has 80 valence electrons. The molecule has 0 bridgehead atoms. The maximum absolute atomic E-state index is 9.59. The quantitative estimate of drug-likeness (QED) is 0.663. The third kappa shape index (κ3) is 1.16. The standard InChI is InChI=1S/C12H16N2O/c1-14-8-12(4-5-13-7-12)10-6-9(15)2-3-11(10)14/h2-3,6,13,15H,4-5,7-8H2,1H3. The summed E-state index contributed by atoms with van der Waals surface area (Å²) in [6.45, 7) is 3.19. The van der Waals surface area contributed by atoms with Crippen molar-refractivity contribution >= 4 is 5.69 Å². The van der Waals surface area contributed by atoms with Crippen LogP contribution in [-0.4, -0.2) is 31.8 Å². The van der Waals surface area contributed by atoms with Crippen LogP contribution in [0.3, 0.4) is 0 Å². The van der Waals surface area contributed by atoms with Gasteiger partial charge >= 0.3 is 0 Å². The van der Waals surface area contributed by atoms with Crippen molar-refractivity contribution in [2.24, 2.45) is 0 Å². The Bertz CT molecular complexity index is 397. The predicted octanol–water partition coefficient (Wildman–Crippen LogP) is 1.07. The first-order valence-electron chi connectivity index (χ1n) is 5.47. The van der Waals surface area contributed by atoms with E-state index in [-0.39, 0.29) is 5.41 Å². The summed E-state index contributed by atoms with van der Waals surface area (Å²) >= 11 is 0. The van der Waals surface area contributed by atoms with Crippen molar-refractivity contribution in [3.63, 3.8) is 0 Å². The summed E-state index contributed by atoms with van der Waals surface area (Å²) in [5.74, 6) is 0.385. The molecule has 3 nitrogen and oxygen atoms in total. The van der Waals surface area contributed by atoms with E-state index in [1.165, 1.54) is 17.7 Å². The second-order valence-electron chi connectivity index (χ2n) is 4.76. The number of rotatable bonds is 0. The topological polar surface area (TPSA) is 35.5 Å². The second kappa shape index (κ2) is 2.89. The molecule has 1 atom stereocenters. The molecule has 0 saturated carbocycles. The van der Waals surface area contributed by atoms with E-state index in [0.29, 0.717) is 5.75 Å². The minimum atomic E-state index is 0.239. The van der Waals surface area contributed by atoms with Gasteiger partial charge in [0.05, 0.1) is 0 Å². The Morgan fingerprint density at radius 2 is 2.33 bits per heavy atom. The maximum Gasteiger partial charge on any atom is 0.116 e. The van der Waals surface area contributed by atoms with E-state index < -0.39 is 0 Å². The molecule has 1 aromatic rings. The monoisotopic (exact) mass is 204 g/mol. The number of benzene rings is 1. The maximum atomic E-state index is 9.59. The van der Waals surface area contributed by atoms with Gasteiger partial charge in [-0.05, 0) is 36.7 Å². The van der Waals surface area contributed by atoms with E-state index >= 15 is 0 Å². The van der Waals surface area contributed by atoms with Crippen LogP contribution in [0.25, 0.3) is 0 Å². The van der Waals surface area contributed by atoms with Crippen LogP contribution in [0.15, 0.2) is 18.2 Å². The van der Waals surface area contributed by atoms with Crippen molar-refractivity contribution in [3.05, 3.63) is 23.8 Å². The van der Waals surface area contributed by atoms with Crippen molar-refractivity contribution in [3.8, 4) is 5.75 Å². The summed E-state index contributed by atoms with van der Waals surface area (Å²) in [6, 6.07) is 5.74. The molecule has 0 radical (unpaired) electrons. The fourth-order valence-electron chi connectivity index (χ4n) is 3.01. The summed E-state index contributed by atoms with van der Waals surface area (Å²) in [5.41, 5.74) is 2.83. The van der Waals surface area contributed by atoms with Gasteiger partial charge in [0.15, 0.2) is 0 Å². The number of aromatic hydroxyl groups is 1. The van der Waals surface area contributed by atoms with E-state index in [9.17, 15) is 5.11 Å². The number of phenolic OH excluding ortho intramolecular Hbond substituents is 1. The Labute approximate surface area is 89.7 Å². The van der Waals surface area contributed by atoms with E-state index in [0.717, 1.165) is 19.6 Å². The lowest BCUT2D eigenvalue weighted by atomic mass is 9.81. The highest BCUT2D eigenvalue weighted by Crippen LogP contribution is 2.44. The molecule has 15 heavy (non-hydrogen) atoms. The third-order valence-corrected chi connectivity index (χ3v) is 3.75. The van der Waals surface area contributed by atoms with Crippen LogP contribution in [-0.2, 0) is 5.41 Å². The Kier molecular flexibility index (Phi) is 1.74. The predicted molar refractivity (Wildman–Crippen MR) is 60.5 cm³/mol. The number of likely N-dealkylation sites (N-methyl/N-ethyl adjacent to an activating group) is 1. The van der Waals surface area contributed by atoms with E-state index in [2.05, 4.69) is 17.3 Å². The summed E-state index contributed by atoms with van der Waals surface area (Å²) < 4.78 is 0. The van der Waals surface area contributed by atoms with Gasteiger partial charge < -0.3 is 15.3 Å². The molecule has 2 aliphatic rings. The van der Waals surface area contributed by atoms with Gasteiger partial charge in [-0.2, -0.15) is 0 Å². The van der Waals surface area contributed by atoms with E-state index in [1.54, 1.807) is 6.07 Å². The van der Waals surface area contributed by atoms with E-state index in [1.807, 2.05) is 12.1 Å². The van der Waals surface area contributed by atoms with Crippen LogP contribution in [0.1, 0.15) is 12.0 Å². The summed E-state index contributed by atoms with van der Waals surface area (Å²) in [4.78, 5) is 2.29. The number of hydrogen-bond acceptors (Lipinski definition) is 3. The minimum Gasteiger partial charge on any atom is -0.508 e. The number of phenols is 1. The van der Waals surface area contributed by atoms with Crippen molar-refractivity contribution in [2.75, 3.05) is 31.6 Å². The van der Waals surface area contributed by atoms with Crippen LogP contribution >= 0.6 is 0 Å².